The summed E-state index contributed by atoms with van der Waals surface area (Å²) in [7, 11) is 1.92. The fourth-order valence-electron chi connectivity index (χ4n) is 1.72. The van der Waals surface area contributed by atoms with E-state index in [1.165, 1.54) is 17.2 Å². The monoisotopic (exact) mass is 177 g/mol. The van der Waals surface area contributed by atoms with Crippen molar-refractivity contribution in [1.29, 1.82) is 0 Å². The van der Waals surface area contributed by atoms with Gasteiger partial charge in [-0.3, -0.25) is 0 Å². The van der Waals surface area contributed by atoms with Crippen LogP contribution in [0, 0.1) is 5.82 Å². The second-order valence-corrected chi connectivity index (χ2v) is 3.35. The second-order valence-electron chi connectivity index (χ2n) is 3.35. The third-order valence-corrected chi connectivity index (χ3v) is 2.29. The Morgan fingerprint density at radius 3 is 3.08 bits per heavy atom. The van der Waals surface area contributed by atoms with Crippen LogP contribution in [0.25, 0.3) is 6.08 Å². The van der Waals surface area contributed by atoms with Gasteiger partial charge in [0.2, 0.25) is 0 Å². The van der Waals surface area contributed by atoms with E-state index in [1.807, 2.05) is 13.1 Å². The van der Waals surface area contributed by atoms with Gasteiger partial charge in [-0.1, -0.05) is 17.7 Å². The zero-order valence-electron chi connectivity index (χ0n) is 7.60. The summed E-state index contributed by atoms with van der Waals surface area (Å²) >= 11 is 0. The number of benzene rings is 1. The van der Waals surface area contributed by atoms with Gasteiger partial charge < -0.3 is 5.32 Å². The average molecular weight is 177 g/mol. The van der Waals surface area contributed by atoms with Gasteiger partial charge in [-0.25, -0.2) is 4.39 Å². The molecule has 0 aromatic heterocycles. The van der Waals surface area contributed by atoms with Gasteiger partial charge in [0, 0.05) is 6.54 Å². The quantitative estimate of drug-likeness (QED) is 0.728. The first-order valence-electron chi connectivity index (χ1n) is 4.42. The molecule has 2 heteroatoms. The van der Waals surface area contributed by atoms with Crippen molar-refractivity contribution < 1.29 is 4.39 Å². The lowest BCUT2D eigenvalue weighted by molar-refractivity contribution is 0.627. The third-order valence-electron chi connectivity index (χ3n) is 2.29. The highest BCUT2D eigenvalue weighted by atomic mass is 19.1. The summed E-state index contributed by atoms with van der Waals surface area (Å²) in [6, 6.07) is 4.98. The van der Waals surface area contributed by atoms with E-state index in [-0.39, 0.29) is 5.82 Å². The maximum atomic E-state index is 12.8. The second kappa shape index (κ2) is 3.30. The van der Waals surface area contributed by atoms with E-state index in [0.29, 0.717) is 0 Å². The van der Waals surface area contributed by atoms with Crippen LogP contribution in [-0.2, 0) is 6.42 Å². The highest BCUT2D eigenvalue weighted by Crippen LogP contribution is 2.24. The van der Waals surface area contributed by atoms with Gasteiger partial charge >= 0.3 is 0 Å². The number of halogens is 1. The Bertz CT molecular complexity index is 355. The van der Waals surface area contributed by atoms with Gasteiger partial charge in [-0.15, -0.1) is 0 Å². The van der Waals surface area contributed by atoms with Gasteiger partial charge in [-0.05, 0) is 36.7 Å². The summed E-state index contributed by atoms with van der Waals surface area (Å²) in [6.07, 6.45) is 3.02. The topological polar surface area (TPSA) is 12.0 Å². The summed E-state index contributed by atoms with van der Waals surface area (Å²) in [5, 5.41) is 3.10. The van der Waals surface area contributed by atoms with E-state index in [4.69, 9.17) is 0 Å². The van der Waals surface area contributed by atoms with Gasteiger partial charge in [0.25, 0.3) is 0 Å². The van der Waals surface area contributed by atoms with Crippen LogP contribution in [0.1, 0.15) is 11.1 Å². The molecule has 0 fully saturated rings. The minimum absolute atomic E-state index is 0.152. The Morgan fingerprint density at radius 2 is 2.31 bits per heavy atom. The van der Waals surface area contributed by atoms with E-state index < -0.39 is 0 Å². The molecular weight excluding hydrogens is 165 g/mol. The summed E-state index contributed by atoms with van der Waals surface area (Å²) in [5.74, 6) is -0.152. The van der Waals surface area contributed by atoms with Crippen molar-refractivity contribution >= 4 is 6.08 Å². The highest BCUT2D eigenvalue weighted by Gasteiger charge is 2.11. The molecule has 1 N–H and O–H groups in total. The number of hydrogen-bond donors (Lipinski definition) is 1. The van der Waals surface area contributed by atoms with Crippen LogP contribution in [-0.4, -0.2) is 13.6 Å². The molecular formula is C11H12FN. The van der Waals surface area contributed by atoms with E-state index >= 15 is 0 Å². The largest absolute Gasteiger partial charge is 0.316 e. The average Bonchev–Trinajstić information content (AvgIpc) is 2.46. The summed E-state index contributed by atoms with van der Waals surface area (Å²) in [4.78, 5) is 0. The normalized spacial score (nSPS) is 14.2. The smallest absolute Gasteiger partial charge is 0.123 e. The van der Waals surface area contributed by atoms with Crippen molar-refractivity contribution in [2.45, 2.75) is 6.42 Å². The first-order chi connectivity index (χ1) is 6.29. The lowest BCUT2D eigenvalue weighted by Crippen LogP contribution is -2.09. The SMILES string of the molecule is CNCC1=Cc2cc(F)ccc2C1. The summed E-state index contributed by atoms with van der Waals surface area (Å²) in [5.41, 5.74) is 3.58. The molecule has 0 atom stereocenters. The van der Waals surface area contributed by atoms with Crippen LogP contribution in [0.3, 0.4) is 0 Å². The summed E-state index contributed by atoms with van der Waals surface area (Å²) in [6.45, 7) is 0.885. The lowest BCUT2D eigenvalue weighted by atomic mass is 10.1. The molecule has 1 nitrogen and oxygen atoms in total. The Morgan fingerprint density at radius 1 is 1.46 bits per heavy atom. The van der Waals surface area contributed by atoms with Crippen molar-refractivity contribution in [3.63, 3.8) is 0 Å². The number of likely N-dealkylation sites (N-methyl/N-ethyl adjacent to an activating group) is 1. The fourth-order valence-corrected chi connectivity index (χ4v) is 1.72. The van der Waals surface area contributed by atoms with Crippen molar-refractivity contribution in [2.75, 3.05) is 13.6 Å². The van der Waals surface area contributed by atoms with Crippen LogP contribution in [0.2, 0.25) is 0 Å². The molecule has 13 heavy (non-hydrogen) atoms. The Labute approximate surface area is 77.3 Å². The molecule has 0 unspecified atom stereocenters. The summed E-state index contributed by atoms with van der Waals surface area (Å²) < 4.78 is 12.8. The van der Waals surface area contributed by atoms with Crippen LogP contribution >= 0.6 is 0 Å². The number of rotatable bonds is 2. The van der Waals surface area contributed by atoms with Gasteiger partial charge in [0.05, 0.1) is 0 Å². The van der Waals surface area contributed by atoms with E-state index in [0.717, 1.165) is 18.5 Å². The molecule has 0 aliphatic heterocycles. The van der Waals surface area contributed by atoms with E-state index in [2.05, 4.69) is 11.4 Å². The van der Waals surface area contributed by atoms with Crippen molar-refractivity contribution in [3.8, 4) is 0 Å². The number of nitrogens with one attached hydrogen (secondary N) is 1. The molecule has 1 aromatic carbocycles. The van der Waals surface area contributed by atoms with Gasteiger partial charge in [0.1, 0.15) is 5.82 Å². The molecule has 68 valence electrons. The standard InChI is InChI=1S/C11H12FN/c1-13-7-8-4-9-2-3-11(12)6-10(9)5-8/h2-3,5-6,13H,4,7H2,1H3. The van der Waals surface area contributed by atoms with E-state index in [9.17, 15) is 4.39 Å². The third kappa shape index (κ3) is 1.63. The lowest BCUT2D eigenvalue weighted by Gasteiger charge is -1.99. The molecule has 1 aliphatic carbocycles. The van der Waals surface area contributed by atoms with Crippen LogP contribution in [0.5, 0.6) is 0 Å². The van der Waals surface area contributed by atoms with Crippen molar-refractivity contribution in [3.05, 3.63) is 40.7 Å². The minimum atomic E-state index is -0.152. The molecule has 0 spiro atoms. The highest BCUT2D eigenvalue weighted by molar-refractivity contribution is 5.64. The maximum Gasteiger partial charge on any atom is 0.123 e. The molecule has 0 radical (unpaired) electrons. The molecule has 0 saturated carbocycles. The van der Waals surface area contributed by atoms with Gasteiger partial charge in [0.15, 0.2) is 0 Å². The van der Waals surface area contributed by atoms with Crippen molar-refractivity contribution in [2.24, 2.45) is 0 Å². The molecule has 1 aliphatic rings. The first-order valence-corrected chi connectivity index (χ1v) is 4.42. The van der Waals surface area contributed by atoms with E-state index in [1.54, 1.807) is 6.07 Å². The first kappa shape index (κ1) is 8.45. The van der Waals surface area contributed by atoms with Gasteiger partial charge in [-0.2, -0.15) is 0 Å². The zero-order valence-corrected chi connectivity index (χ0v) is 7.60. The van der Waals surface area contributed by atoms with Crippen molar-refractivity contribution in [1.82, 2.24) is 5.32 Å². The minimum Gasteiger partial charge on any atom is -0.316 e. The number of hydrogen-bond acceptors (Lipinski definition) is 1. The number of fused-ring (bicyclic) bond motifs is 1. The molecule has 2 rings (SSSR count). The molecule has 0 amide bonds. The molecule has 0 heterocycles. The van der Waals surface area contributed by atoms with Crippen LogP contribution in [0.15, 0.2) is 23.8 Å². The molecule has 0 saturated heterocycles. The fraction of sp³-hybridized carbons (Fsp3) is 0.273. The Hall–Kier alpha value is -1.15. The van der Waals surface area contributed by atoms with Crippen LogP contribution in [0.4, 0.5) is 4.39 Å². The predicted molar refractivity (Wildman–Crippen MR) is 52.0 cm³/mol. The zero-order chi connectivity index (χ0) is 9.26. The molecule has 0 bridgehead atoms. The predicted octanol–water partition coefficient (Wildman–Crippen LogP) is 1.98. The molecule has 1 aromatic rings. The Balaban J connectivity index is 2.27. The van der Waals surface area contributed by atoms with Crippen LogP contribution < -0.4 is 5.32 Å². The maximum absolute atomic E-state index is 12.8. The Kier molecular flexibility index (Phi) is 2.15.